The van der Waals surface area contributed by atoms with Crippen LogP contribution in [0.15, 0.2) is 48.5 Å². The maximum Gasteiger partial charge on any atom is 0.0991 e. The average molecular weight is 249 g/mol. The molecule has 1 nitrogen and oxygen atoms in total. The fourth-order valence-electron chi connectivity index (χ4n) is 2.16. The molecule has 0 aliphatic heterocycles. The summed E-state index contributed by atoms with van der Waals surface area (Å²) in [6, 6.07) is 18.6. The second-order valence-electron chi connectivity index (χ2n) is 6.12. The zero-order chi connectivity index (χ0) is 13.9. The monoisotopic (exact) mass is 249 g/mol. The Balaban J connectivity index is 2.20. The molecule has 1 heteroatoms. The zero-order valence-electron chi connectivity index (χ0n) is 11.8. The van der Waals surface area contributed by atoms with Gasteiger partial charge in [-0.15, -0.1) is 0 Å². The summed E-state index contributed by atoms with van der Waals surface area (Å²) in [6.07, 6.45) is 1.08. The Kier molecular flexibility index (Phi) is 3.71. The second-order valence-corrected chi connectivity index (χ2v) is 6.12. The maximum absolute atomic E-state index is 8.79. The molecule has 19 heavy (non-hydrogen) atoms. The van der Waals surface area contributed by atoms with Gasteiger partial charge in [-0.05, 0) is 40.7 Å². The fourth-order valence-corrected chi connectivity index (χ4v) is 2.16. The smallest absolute Gasteiger partial charge is 0.0991 e. The van der Waals surface area contributed by atoms with E-state index in [1.807, 2.05) is 24.3 Å². The molecule has 0 heterocycles. The van der Waals surface area contributed by atoms with Crippen LogP contribution in [-0.2, 0) is 6.42 Å². The molecule has 0 aliphatic carbocycles. The summed E-state index contributed by atoms with van der Waals surface area (Å²) < 4.78 is 0. The molecule has 0 atom stereocenters. The molecule has 0 N–H and O–H groups in total. The van der Waals surface area contributed by atoms with E-state index >= 15 is 0 Å². The van der Waals surface area contributed by atoms with Gasteiger partial charge in [0.15, 0.2) is 0 Å². The Morgan fingerprint density at radius 2 is 1.32 bits per heavy atom. The van der Waals surface area contributed by atoms with Crippen LogP contribution in [0.5, 0.6) is 0 Å². The highest BCUT2D eigenvalue weighted by Gasteiger charge is 2.10. The van der Waals surface area contributed by atoms with Gasteiger partial charge >= 0.3 is 0 Å². The van der Waals surface area contributed by atoms with Crippen LogP contribution in [0.1, 0.15) is 31.9 Å². The molecular formula is C18H19N. The van der Waals surface area contributed by atoms with Crippen molar-refractivity contribution < 1.29 is 0 Å². The van der Waals surface area contributed by atoms with Gasteiger partial charge in [0.1, 0.15) is 0 Å². The van der Waals surface area contributed by atoms with Gasteiger partial charge < -0.3 is 0 Å². The average Bonchev–Trinajstić information content (AvgIpc) is 2.38. The van der Waals surface area contributed by atoms with Crippen molar-refractivity contribution in [2.75, 3.05) is 0 Å². The van der Waals surface area contributed by atoms with E-state index < -0.39 is 0 Å². The Labute approximate surface area is 115 Å². The predicted octanol–water partition coefficient (Wildman–Crippen LogP) is 4.81. The van der Waals surface area contributed by atoms with Crippen molar-refractivity contribution in [2.45, 2.75) is 27.2 Å². The van der Waals surface area contributed by atoms with Crippen molar-refractivity contribution >= 4 is 0 Å². The van der Waals surface area contributed by atoms with Crippen molar-refractivity contribution in [3.8, 4) is 17.2 Å². The third-order valence-corrected chi connectivity index (χ3v) is 3.04. The summed E-state index contributed by atoms with van der Waals surface area (Å²) in [4.78, 5) is 0. The van der Waals surface area contributed by atoms with Gasteiger partial charge in [0.25, 0.3) is 0 Å². The van der Waals surface area contributed by atoms with Gasteiger partial charge in [-0.2, -0.15) is 5.26 Å². The van der Waals surface area contributed by atoms with Crippen LogP contribution in [0.2, 0.25) is 0 Å². The van der Waals surface area contributed by atoms with Crippen LogP contribution in [0.25, 0.3) is 11.1 Å². The molecule has 0 saturated carbocycles. The Hall–Kier alpha value is -2.07. The molecule has 0 fully saturated rings. The minimum atomic E-state index is 0.315. The standard InChI is InChI=1S/C18H19N/c1-18(2,3)12-14-4-8-16(9-5-14)17-10-6-15(13-19)7-11-17/h4-11H,12H2,1-3H3. The fraction of sp³-hybridized carbons (Fsp3) is 0.278. The maximum atomic E-state index is 8.79. The SMILES string of the molecule is CC(C)(C)Cc1ccc(-c2ccc(C#N)cc2)cc1. The van der Waals surface area contributed by atoms with Gasteiger partial charge in [0.05, 0.1) is 11.6 Å². The van der Waals surface area contributed by atoms with Crippen molar-refractivity contribution in [2.24, 2.45) is 5.41 Å². The first-order valence-corrected chi connectivity index (χ1v) is 6.57. The summed E-state index contributed by atoms with van der Waals surface area (Å²) >= 11 is 0. The molecule has 0 aliphatic rings. The van der Waals surface area contributed by atoms with Gasteiger partial charge in [0, 0.05) is 0 Å². The highest BCUT2D eigenvalue weighted by atomic mass is 14.2. The number of hydrogen-bond acceptors (Lipinski definition) is 1. The first kappa shape index (κ1) is 13.4. The highest BCUT2D eigenvalue weighted by molar-refractivity contribution is 5.64. The van der Waals surface area contributed by atoms with Crippen LogP contribution in [0.4, 0.5) is 0 Å². The third-order valence-electron chi connectivity index (χ3n) is 3.04. The number of nitriles is 1. The largest absolute Gasteiger partial charge is 0.192 e. The lowest BCUT2D eigenvalue weighted by molar-refractivity contribution is 0.411. The molecule has 96 valence electrons. The third kappa shape index (κ3) is 3.69. The summed E-state index contributed by atoms with van der Waals surface area (Å²) in [5.74, 6) is 0. The van der Waals surface area contributed by atoms with E-state index in [0.29, 0.717) is 11.0 Å². The minimum Gasteiger partial charge on any atom is -0.192 e. The first-order valence-electron chi connectivity index (χ1n) is 6.57. The van der Waals surface area contributed by atoms with E-state index in [9.17, 15) is 0 Å². The predicted molar refractivity (Wildman–Crippen MR) is 79.8 cm³/mol. The summed E-state index contributed by atoms with van der Waals surface area (Å²) in [5, 5.41) is 8.79. The molecule has 0 amide bonds. The molecule has 2 aromatic carbocycles. The van der Waals surface area contributed by atoms with E-state index in [-0.39, 0.29) is 0 Å². The molecule has 0 saturated heterocycles. The lowest BCUT2D eigenvalue weighted by atomic mass is 9.87. The van der Waals surface area contributed by atoms with Crippen LogP contribution in [0, 0.1) is 16.7 Å². The van der Waals surface area contributed by atoms with Crippen LogP contribution in [-0.4, -0.2) is 0 Å². The lowest BCUT2D eigenvalue weighted by Crippen LogP contribution is -2.08. The molecule has 0 bridgehead atoms. The minimum absolute atomic E-state index is 0.315. The molecule has 0 unspecified atom stereocenters. The number of hydrogen-bond donors (Lipinski definition) is 0. The normalized spacial score (nSPS) is 11.1. The number of benzene rings is 2. The summed E-state index contributed by atoms with van der Waals surface area (Å²) in [6.45, 7) is 6.75. The topological polar surface area (TPSA) is 23.8 Å². The summed E-state index contributed by atoms with van der Waals surface area (Å²) in [7, 11) is 0. The van der Waals surface area contributed by atoms with E-state index in [1.54, 1.807) is 0 Å². The lowest BCUT2D eigenvalue weighted by Gasteiger charge is -2.18. The highest BCUT2D eigenvalue weighted by Crippen LogP contribution is 2.24. The molecule has 2 rings (SSSR count). The second kappa shape index (κ2) is 5.28. The van der Waals surface area contributed by atoms with Crippen LogP contribution < -0.4 is 0 Å². The van der Waals surface area contributed by atoms with E-state index in [2.05, 4.69) is 51.1 Å². The Morgan fingerprint density at radius 1 is 0.842 bits per heavy atom. The van der Waals surface area contributed by atoms with Gasteiger partial charge in [-0.3, -0.25) is 0 Å². The van der Waals surface area contributed by atoms with Crippen molar-refractivity contribution in [1.29, 1.82) is 5.26 Å². The first-order chi connectivity index (χ1) is 8.98. The van der Waals surface area contributed by atoms with Crippen LogP contribution in [0.3, 0.4) is 0 Å². The quantitative estimate of drug-likeness (QED) is 0.749. The zero-order valence-corrected chi connectivity index (χ0v) is 11.8. The molecular weight excluding hydrogens is 230 g/mol. The van der Waals surface area contributed by atoms with Gasteiger partial charge in [-0.25, -0.2) is 0 Å². The Bertz CT molecular complexity index is 578. The van der Waals surface area contributed by atoms with Crippen molar-refractivity contribution in [3.63, 3.8) is 0 Å². The number of nitrogens with zero attached hydrogens (tertiary/aromatic N) is 1. The molecule has 0 radical (unpaired) electrons. The molecule has 2 aromatic rings. The van der Waals surface area contributed by atoms with Crippen LogP contribution >= 0.6 is 0 Å². The molecule has 0 aromatic heterocycles. The van der Waals surface area contributed by atoms with E-state index in [1.165, 1.54) is 11.1 Å². The van der Waals surface area contributed by atoms with E-state index in [0.717, 1.165) is 12.0 Å². The van der Waals surface area contributed by atoms with Crippen molar-refractivity contribution in [1.82, 2.24) is 0 Å². The summed E-state index contributed by atoms with van der Waals surface area (Å²) in [5.41, 5.74) is 4.73. The van der Waals surface area contributed by atoms with Crippen molar-refractivity contribution in [3.05, 3.63) is 59.7 Å². The Morgan fingerprint density at radius 3 is 1.74 bits per heavy atom. The number of rotatable bonds is 2. The van der Waals surface area contributed by atoms with Gasteiger partial charge in [0.2, 0.25) is 0 Å². The van der Waals surface area contributed by atoms with Gasteiger partial charge in [-0.1, -0.05) is 57.2 Å². The van der Waals surface area contributed by atoms with E-state index in [4.69, 9.17) is 5.26 Å². The molecule has 0 spiro atoms.